The first-order valence-electron chi connectivity index (χ1n) is 11.0. The quantitative estimate of drug-likeness (QED) is 0.796. The number of quaternary nitrogens is 1. The molecule has 1 saturated heterocycles. The van der Waals surface area contributed by atoms with Crippen LogP contribution >= 0.6 is 0 Å². The van der Waals surface area contributed by atoms with Gasteiger partial charge in [0.25, 0.3) is 0 Å². The Balaban J connectivity index is 1.34. The van der Waals surface area contributed by atoms with E-state index in [1.807, 2.05) is 12.1 Å². The number of benzene rings is 2. The second kappa shape index (κ2) is 8.91. The van der Waals surface area contributed by atoms with Crippen molar-refractivity contribution in [2.75, 3.05) is 31.1 Å². The molecule has 28 heavy (non-hydrogen) atoms. The summed E-state index contributed by atoms with van der Waals surface area (Å²) in [6.07, 6.45) is 7.87. The molecule has 2 fully saturated rings. The maximum Gasteiger partial charge on any atom is 0.150 e. The molecule has 4 rings (SSSR count). The summed E-state index contributed by atoms with van der Waals surface area (Å²) < 4.78 is 0. The minimum absolute atomic E-state index is 0.542. The van der Waals surface area contributed by atoms with Crippen LogP contribution in [0, 0.1) is 0 Å². The van der Waals surface area contributed by atoms with Crippen molar-refractivity contribution in [3.63, 3.8) is 0 Å². The Kier molecular flexibility index (Phi) is 6.11. The van der Waals surface area contributed by atoms with Crippen LogP contribution in [0.15, 0.2) is 48.5 Å². The molecule has 1 saturated carbocycles. The summed E-state index contributed by atoms with van der Waals surface area (Å²) in [7, 11) is 0. The molecule has 148 valence electrons. The van der Waals surface area contributed by atoms with Crippen molar-refractivity contribution >= 4 is 12.0 Å². The van der Waals surface area contributed by atoms with Crippen LogP contribution in [0.3, 0.4) is 0 Å². The van der Waals surface area contributed by atoms with Gasteiger partial charge in [0.1, 0.15) is 12.3 Å². The topological polar surface area (TPSA) is 24.8 Å². The van der Waals surface area contributed by atoms with Gasteiger partial charge in [-0.25, -0.2) is 0 Å². The first-order chi connectivity index (χ1) is 13.7. The number of carbonyl (C=O) groups excluding carboxylic acids is 1. The number of nitrogens with zero attached hydrogens (tertiary/aromatic N) is 1. The number of anilines is 1. The van der Waals surface area contributed by atoms with Gasteiger partial charge in [0.15, 0.2) is 0 Å². The molecule has 0 aromatic heterocycles. The van der Waals surface area contributed by atoms with E-state index < -0.39 is 0 Å². The number of nitrogens with one attached hydrogen (secondary N) is 1. The molecule has 2 aromatic rings. The predicted octanol–water partition coefficient (Wildman–Crippen LogP) is 4.01. The predicted molar refractivity (Wildman–Crippen MR) is 115 cm³/mol. The van der Waals surface area contributed by atoms with Gasteiger partial charge in [-0.1, -0.05) is 43.5 Å². The van der Waals surface area contributed by atoms with E-state index in [1.165, 1.54) is 43.4 Å². The molecule has 2 aliphatic rings. The molecule has 3 heteroatoms. The van der Waals surface area contributed by atoms with Gasteiger partial charge < -0.3 is 9.80 Å². The lowest BCUT2D eigenvalue weighted by Gasteiger charge is -2.36. The van der Waals surface area contributed by atoms with Gasteiger partial charge >= 0.3 is 0 Å². The summed E-state index contributed by atoms with van der Waals surface area (Å²) in [4.78, 5) is 15.0. The molecule has 3 nitrogen and oxygen atoms in total. The van der Waals surface area contributed by atoms with Gasteiger partial charge in [0, 0.05) is 16.8 Å². The summed E-state index contributed by atoms with van der Waals surface area (Å²) >= 11 is 0. The van der Waals surface area contributed by atoms with E-state index in [9.17, 15) is 4.79 Å². The lowest BCUT2D eigenvalue weighted by Crippen LogP contribution is -3.14. The van der Waals surface area contributed by atoms with Crippen LogP contribution in [0.4, 0.5) is 5.69 Å². The van der Waals surface area contributed by atoms with E-state index in [-0.39, 0.29) is 0 Å². The number of rotatable bonds is 5. The van der Waals surface area contributed by atoms with E-state index in [0.717, 1.165) is 43.9 Å². The first-order valence-corrected chi connectivity index (χ1v) is 11.0. The summed E-state index contributed by atoms with van der Waals surface area (Å²) in [6, 6.07) is 18.1. The Morgan fingerprint density at radius 1 is 0.929 bits per heavy atom. The second-order valence-electron chi connectivity index (χ2n) is 8.58. The van der Waals surface area contributed by atoms with Crippen LogP contribution in [0.1, 0.15) is 72.5 Å². The first kappa shape index (κ1) is 19.2. The molecule has 2 aromatic carbocycles. The molecule has 1 N–H and O–H groups in total. The fourth-order valence-corrected chi connectivity index (χ4v) is 4.98. The standard InChI is InChI=1S/C25H32N2O/c1-20(22-9-11-24(12-10-22)23-5-3-2-4-6-23)26-15-17-27(18-16-26)25-13-7-21(19-28)8-14-25/h7-14,19-20,23H,2-6,15-18H2,1H3/p+1/t20-/m1/s1. The number of piperazine rings is 1. The zero-order chi connectivity index (χ0) is 19.3. The highest BCUT2D eigenvalue weighted by atomic mass is 16.1. The van der Waals surface area contributed by atoms with Crippen LogP contribution < -0.4 is 9.80 Å². The van der Waals surface area contributed by atoms with Crippen LogP contribution in [0.2, 0.25) is 0 Å². The van der Waals surface area contributed by atoms with Gasteiger partial charge in [-0.05, 0) is 55.5 Å². The van der Waals surface area contributed by atoms with E-state index in [2.05, 4.69) is 48.2 Å². The Morgan fingerprint density at radius 2 is 1.57 bits per heavy atom. The van der Waals surface area contributed by atoms with Crippen molar-refractivity contribution in [1.82, 2.24) is 0 Å². The Morgan fingerprint density at radius 3 is 2.18 bits per heavy atom. The van der Waals surface area contributed by atoms with Crippen LogP contribution in [-0.2, 0) is 0 Å². The number of carbonyl (C=O) groups is 1. The third-order valence-corrected chi connectivity index (χ3v) is 6.93. The molecule has 0 radical (unpaired) electrons. The smallest absolute Gasteiger partial charge is 0.150 e. The molecular formula is C25H33N2O+. The van der Waals surface area contributed by atoms with Crippen molar-refractivity contribution in [3.8, 4) is 0 Å². The van der Waals surface area contributed by atoms with Crippen LogP contribution in [0.25, 0.3) is 0 Å². The minimum atomic E-state index is 0.542. The minimum Gasteiger partial charge on any atom is -0.360 e. The van der Waals surface area contributed by atoms with Gasteiger partial charge in [-0.2, -0.15) is 0 Å². The van der Waals surface area contributed by atoms with Crippen molar-refractivity contribution in [3.05, 3.63) is 65.2 Å². The third kappa shape index (κ3) is 4.30. The summed E-state index contributed by atoms with van der Waals surface area (Å²) in [5.41, 5.74) is 5.00. The van der Waals surface area contributed by atoms with Crippen LogP contribution in [0.5, 0.6) is 0 Å². The highest BCUT2D eigenvalue weighted by Gasteiger charge is 2.26. The molecule has 0 bridgehead atoms. The molecule has 0 spiro atoms. The number of hydrogen-bond acceptors (Lipinski definition) is 2. The molecule has 1 aliphatic carbocycles. The molecule has 1 aliphatic heterocycles. The van der Waals surface area contributed by atoms with Gasteiger partial charge in [-0.3, -0.25) is 4.79 Å². The molecule has 0 amide bonds. The largest absolute Gasteiger partial charge is 0.360 e. The molecule has 1 heterocycles. The Hall–Kier alpha value is -2.13. The average molecular weight is 378 g/mol. The van der Waals surface area contributed by atoms with Crippen molar-refractivity contribution in [2.45, 2.75) is 51.0 Å². The van der Waals surface area contributed by atoms with Crippen molar-refractivity contribution in [1.29, 1.82) is 0 Å². The SMILES string of the molecule is C[C@H](c1ccc(C2CCCCC2)cc1)[NH+]1CCN(c2ccc(C=O)cc2)CC1. The number of hydrogen-bond donors (Lipinski definition) is 1. The number of aldehydes is 1. The lowest BCUT2D eigenvalue weighted by atomic mass is 9.83. The van der Waals surface area contributed by atoms with Gasteiger partial charge in [-0.15, -0.1) is 0 Å². The van der Waals surface area contributed by atoms with Gasteiger partial charge in [0.05, 0.1) is 26.2 Å². The highest BCUT2D eigenvalue weighted by Crippen LogP contribution is 2.32. The Bertz CT molecular complexity index is 754. The maximum absolute atomic E-state index is 10.8. The monoisotopic (exact) mass is 377 g/mol. The highest BCUT2D eigenvalue weighted by molar-refractivity contribution is 5.75. The summed E-state index contributed by atoms with van der Waals surface area (Å²) in [5, 5.41) is 0. The fourth-order valence-electron chi connectivity index (χ4n) is 4.98. The van der Waals surface area contributed by atoms with Crippen molar-refractivity contribution in [2.24, 2.45) is 0 Å². The second-order valence-corrected chi connectivity index (χ2v) is 8.58. The summed E-state index contributed by atoms with van der Waals surface area (Å²) in [6.45, 7) is 6.82. The lowest BCUT2D eigenvalue weighted by molar-refractivity contribution is -0.930. The molecule has 0 unspecified atom stereocenters. The van der Waals surface area contributed by atoms with Crippen LogP contribution in [-0.4, -0.2) is 32.5 Å². The van der Waals surface area contributed by atoms with Gasteiger partial charge in [0.2, 0.25) is 0 Å². The van der Waals surface area contributed by atoms with E-state index in [0.29, 0.717) is 6.04 Å². The van der Waals surface area contributed by atoms with E-state index in [1.54, 1.807) is 10.5 Å². The molecular weight excluding hydrogens is 344 g/mol. The fraction of sp³-hybridized carbons (Fsp3) is 0.480. The summed E-state index contributed by atoms with van der Waals surface area (Å²) in [5.74, 6) is 0.791. The van der Waals surface area contributed by atoms with E-state index >= 15 is 0 Å². The van der Waals surface area contributed by atoms with Crippen molar-refractivity contribution < 1.29 is 9.69 Å². The third-order valence-electron chi connectivity index (χ3n) is 6.93. The maximum atomic E-state index is 10.8. The zero-order valence-corrected chi connectivity index (χ0v) is 17.1. The zero-order valence-electron chi connectivity index (χ0n) is 17.1. The average Bonchev–Trinajstić information content (AvgIpc) is 2.79. The normalized spacial score (nSPS) is 20.1. The molecule has 1 atom stereocenters. The Labute approximate surface area is 169 Å². The van der Waals surface area contributed by atoms with E-state index in [4.69, 9.17) is 0 Å².